The highest BCUT2D eigenvalue weighted by Crippen LogP contribution is 2.16. The van der Waals surface area contributed by atoms with Gasteiger partial charge in [0.2, 0.25) is 5.91 Å². The third kappa shape index (κ3) is 5.43. The summed E-state index contributed by atoms with van der Waals surface area (Å²) in [7, 11) is 0. The van der Waals surface area contributed by atoms with Gasteiger partial charge in [-0.05, 0) is 41.2 Å². The van der Waals surface area contributed by atoms with E-state index >= 15 is 0 Å². The fourth-order valence-corrected chi connectivity index (χ4v) is 3.58. The molecule has 0 N–H and O–H groups in total. The van der Waals surface area contributed by atoms with Crippen molar-refractivity contribution < 1.29 is 4.79 Å². The van der Waals surface area contributed by atoms with E-state index in [1.54, 1.807) is 0 Å². The van der Waals surface area contributed by atoms with E-state index in [4.69, 9.17) is 5.26 Å². The van der Waals surface area contributed by atoms with Gasteiger partial charge in [-0.1, -0.05) is 50.2 Å². The second kappa shape index (κ2) is 9.52. The molecule has 0 spiro atoms. The number of hydrogen-bond acceptors (Lipinski definition) is 3. The largest absolute Gasteiger partial charge is 0.340 e. The van der Waals surface area contributed by atoms with Crippen molar-refractivity contribution in [3.05, 3.63) is 70.8 Å². The van der Waals surface area contributed by atoms with Gasteiger partial charge in [0, 0.05) is 39.1 Å². The van der Waals surface area contributed by atoms with Crippen molar-refractivity contribution in [2.75, 3.05) is 26.2 Å². The van der Waals surface area contributed by atoms with Crippen LogP contribution in [0, 0.1) is 11.3 Å². The van der Waals surface area contributed by atoms with Gasteiger partial charge in [0.05, 0.1) is 11.6 Å². The van der Waals surface area contributed by atoms with E-state index in [2.05, 4.69) is 49.1 Å². The summed E-state index contributed by atoms with van der Waals surface area (Å²) in [5.74, 6) is 0.794. The quantitative estimate of drug-likeness (QED) is 0.768. The first kappa shape index (κ1) is 20.1. The number of hydrogen-bond donors (Lipinski definition) is 0. The van der Waals surface area contributed by atoms with Gasteiger partial charge in [0.25, 0.3) is 0 Å². The number of benzene rings is 2. The second-order valence-electron chi connectivity index (χ2n) is 7.86. The van der Waals surface area contributed by atoms with Crippen molar-refractivity contribution in [2.24, 2.45) is 0 Å². The van der Waals surface area contributed by atoms with Gasteiger partial charge >= 0.3 is 0 Å². The lowest BCUT2D eigenvalue weighted by molar-refractivity contribution is -0.133. The van der Waals surface area contributed by atoms with E-state index < -0.39 is 0 Å². The zero-order valence-corrected chi connectivity index (χ0v) is 16.9. The Bertz CT molecular complexity index is 810. The van der Waals surface area contributed by atoms with Crippen molar-refractivity contribution in [3.8, 4) is 6.07 Å². The Hall–Kier alpha value is -2.64. The summed E-state index contributed by atoms with van der Waals surface area (Å²) >= 11 is 0. The molecule has 1 heterocycles. The van der Waals surface area contributed by atoms with E-state index in [9.17, 15) is 4.79 Å². The number of carbonyl (C=O) groups excluding carboxylic acids is 1. The highest BCUT2D eigenvalue weighted by atomic mass is 16.2. The maximum Gasteiger partial charge on any atom is 0.222 e. The zero-order valence-electron chi connectivity index (χ0n) is 16.9. The van der Waals surface area contributed by atoms with Crippen LogP contribution in [0.25, 0.3) is 0 Å². The van der Waals surface area contributed by atoms with Crippen LogP contribution < -0.4 is 0 Å². The van der Waals surface area contributed by atoms with E-state index in [0.717, 1.165) is 39.1 Å². The van der Waals surface area contributed by atoms with Crippen LogP contribution in [-0.2, 0) is 17.8 Å². The van der Waals surface area contributed by atoms with Gasteiger partial charge in [-0.15, -0.1) is 0 Å². The second-order valence-corrected chi connectivity index (χ2v) is 7.86. The smallest absolute Gasteiger partial charge is 0.222 e. The summed E-state index contributed by atoms with van der Waals surface area (Å²) in [5.41, 5.74) is 4.48. The standard InChI is InChI=1S/C24H29N3O/c1-19(2)23-10-7-20(8-11-23)9-12-24(28)27-15-13-26(14-16-27)18-22-5-3-21(17-25)4-6-22/h3-8,10-11,19H,9,12-16,18H2,1-2H3. The van der Waals surface area contributed by atoms with Gasteiger partial charge in [-0.3, -0.25) is 9.69 Å². The average molecular weight is 376 g/mol. The predicted molar refractivity (Wildman–Crippen MR) is 112 cm³/mol. The highest BCUT2D eigenvalue weighted by molar-refractivity contribution is 5.76. The molecule has 1 saturated heterocycles. The number of nitriles is 1. The minimum atomic E-state index is 0.256. The summed E-state index contributed by atoms with van der Waals surface area (Å²) in [6.45, 7) is 8.64. The molecule has 0 aromatic heterocycles. The maximum absolute atomic E-state index is 12.6. The lowest BCUT2D eigenvalue weighted by Gasteiger charge is -2.34. The molecule has 1 fully saturated rings. The van der Waals surface area contributed by atoms with Crippen molar-refractivity contribution >= 4 is 5.91 Å². The summed E-state index contributed by atoms with van der Waals surface area (Å²) in [6.07, 6.45) is 1.39. The summed E-state index contributed by atoms with van der Waals surface area (Å²) in [5, 5.41) is 8.88. The molecule has 0 atom stereocenters. The molecule has 4 nitrogen and oxygen atoms in total. The molecule has 2 aromatic carbocycles. The van der Waals surface area contributed by atoms with Crippen LogP contribution >= 0.6 is 0 Å². The molecule has 4 heteroatoms. The number of nitrogens with zero attached hydrogens (tertiary/aromatic N) is 3. The number of aryl methyl sites for hydroxylation is 1. The number of rotatable bonds is 6. The van der Waals surface area contributed by atoms with Crippen molar-refractivity contribution in [2.45, 2.75) is 39.2 Å². The minimum Gasteiger partial charge on any atom is -0.340 e. The van der Waals surface area contributed by atoms with Gasteiger partial charge < -0.3 is 4.90 Å². The molecule has 2 aromatic rings. The normalized spacial score (nSPS) is 14.9. The van der Waals surface area contributed by atoms with Crippen LogP contribution in [0.2, 0.25) is 0 Å². The molecule has 0 aliphatic carbocycles. The lowest BCUT2D eigenvalue weighted by atomic mass is 10.00. The Labute approximate surface area is 168 Å². The number of piperazine rings is 1. The van der Waals surface area contributed by atoms with E-state index in [1.165, 1.54) is 16.7 Å². The first-order valence-corrected chi connectivity index (χ1v) is 10.1. The molecule has 0 bridgehead atoms. The van der Waals surface area contributed by atoms with Crippen LogP contribution in [-0.4, -0.2) is 41.9 Å². The highest BCUT2D eigenvalue weighted by Gasteiger charge is 2.20. The average Bonchev–Trinajstić information content (AvgIpc) is 2.73. The molecular weight excluding hydrogens is 346 g/mol. The monoisotopic (exact) mass is 375 g/mol. The molecule has 0 saturated carbocycles. The molecule has 1 aliphatic heterocycles. The molecule has 3 rings (SSSR count). The molecule has 1 aliphatic rings. The summed E-state index contributed by atoms with van der Waals surface area (Å²) < 4.78 is 0. The molecule has 0 unspecified atom stereocenters. The molecular formula is C24H29N3O. The minimum absolute atomic E-state index is 0.256. The van der Waals surface area contributed by atoms with E-state index in [1.807, 2.05) is 29.2 Å². The van der Waals surface area contributed by atoms with Crippen LogP contribution in [0.15, 0.2) is 48.5 Å². The van der Waals surface area contributed by atoms with Gasteiger partial charge in [0.15, 0.2) is 0 Å². The fourth-order valence-electron chi connectivity index (χ4n) is 3.58. The first-order valence-electron chi connectivity index (χ1n) is 10.1. The third-order valence-electron chi connectivity index (χ3n) is 5.49. The van der Waals surface area contributed by atoms with Crippen LogP contribution in [0.4, 0.5) is 0 Å². The SMILES string of the molecule is CC(C)c1ccc(CCC(=O)N2CCN(Cc3ccc(C#N)cc3)CC2)cc1. The Balaban J connectivity index is 1.42. The molecule has 28 heavy (non-hydrogen) atoms. The first-order chi connectivity index (χ1) is 13.5. The number of amides is 1. The van der Waals surface area contributed by atoms with Crippen molar-refractivity contribution in [3.63, 3.8) is 0 Å². The zero-order chi connectivity index (χ0) is 19.9. The van der Waals surface area contributed by atoms with Gasteiger partial charge in [-0.2, -0.15) is 5.26 Å². The van der Waals surface area contributed by atoms with Crippen LogP contribution in [0.5, 0.6) is 0 Å². The number of carbonyl (C=O) groups is 1. The fraction of sp³-hybridized carbons (Fsp3) is 0.417. The predicted octanol–water partition coefficient (Wildman–Crippen LogP) is 3.96. The molecule has 1 amide bonds. The molecule has 146 valence electrons. The topological polar surface area (TPSA) is 47.3 Å². The van der Waals surface area contributed by atoms with Crippen LogP contribution in [0.1, 0.15) is 48.4 Å². The Morgan fingerprint density at radius 2 is 1.57 bits per heavy atom. The van der Waals surface area contributed by atoms with Crippen molar-refractivity contribution in [1.82, 2.24) is 9.80 Å². The maximum atomic E-state index is 12.6. The summed E-state index contributed by atoms with van der Waals surface area (Å²) in [6, 6.07) is 18.6. The summed E-state index contributed by atoms with van der Waals surface area (Å²) in [4.78, 5) is 16.9. The third-order valence-corrected chi connectivity index (χ3v) is 5.49. The Morgan fingerprint density at radius 3 is 2.14 bits per heavy atom. The lowest BCUT2D eigenvalue weighted by Crippen LogP contribution is -2.48. The molecule has 0 radical (unpaired) electrons. The van der Waals surface area contributed by atoms with E-state index in [-0.39, 0.29) is 5.91 Å². The van der Waals surface area contributed by atoms with E-state index in [0.29, 0.717) is 17.9 Å². The Kier molecular flexibility index (Phi) is 6.84. The Morgan fingerprint density at radius 1 is 0.964 bits per heavy atom. The van der Waals surface area contributed by atoms with Crippen LogP contribution in [0.3, 0.4) is 0 Å². The van der Waals surface area contributed by atoms with Crippen molar-refractivity contribution in [1.29, 1.82) is 5.26 Å². The van der Waals surface area contributed by atoms with Gasteiger partial charge in [0.1, 0.15) is 0 Å². The van der Waals surface area contributed by atoms with Gasteiger partial charge in [-0.25, -0.2) is 0 Å².